The number of amidine groups is 1. The van der Waals surface area contributed by atoms with Crippen molar-refractivity contribution in [3.8, 4) is 0 Å². The third-order valence-electron chi connectivity index (χ3n) is 2.61. The van der Waals surface area contributed by atoms with Crippen molar-refractivity contribution < 1.29 is 4.74 Å². The van der Waals surface area contributed by atoms with Crippen LogP contribution in [0.4, 0.5) is 0 Å². The Morgan fingerprint density at radius 2 is 2.50 bits per heavy atom. The molecule has 0 spiro atoms. The van der Waals surface area contributed by atoms with E-state index in [-0.39, 0.29) is 11.9 Å². The highest BCUT2D eigenvalue weighted by Gasteiger charge is 2.22. The molecule has 1 atom stereocenters. The minimum atomic E-state index is -0.266. The van der Waals surface area contributed by atoms with E-state index in [1.54, 1.807) is 6.20 Å². The Morgan fingerprint density at radius 3 is 3.19 bits per heavy atom. The quantitative estimate of drug-likeness (QED) is 0.564. The summed E-state index contributed by atoms with van der Waals surface area (Å²) < 4.78 is 5.40. The highest BCUT2D eigenvalue weighted by Crippen LogP contribution is 2.08. The largest absolute Gasteiger partial charge is 0.385 e. The van der Waals surface area contributed by atoms with Gasteiger partial charge in [-0.1, -0.05) is 6.07 Å². The molecule has 0 radical (unpaired) electrons. The van der Waals surface area contributed by atoms with Crippen molar-refractivity contribution >= 4 is 5.84 Å². The number of nitrogens with one attached hydrogen (secondary N) is 1. The molecule has 1 unspecified atom stereocenters. The number of hydrogen-bond acceptors (Lipinski definition) is 4. The monoisotopic (exact) mass is 220 g/mol. The van der Waals surface area contributed by atoms with Crippen molar-refractivity contribution in [2.75, 3.05) is 19.7 Å². The van der Waals surface area contributed by atoms with Crippen LogP contribution in [-0.4, -0.2) is 41.5 Å². The molecule has 0 bridgehead atoms. The average Bonchev–Trinajstić information content (AvgIpc) is 2.30. The summed E-state index contributed by atoms with van der Waals surface area (Å²) in [4.78, 5) is 6.48. The Labute approximate surface area is 94.7 Å². The molecule has 16 heavy (non-hydrogen) atoms. The van der Waals surface area contributed by atoms with E-state index in [1.807, 2.05) is 18.2 Å². The third-order valence-corrected chi connectivity index (χ3v) is 2.61. The zero-order valence-electron chi connectivity index (χ0n) is 9.10. The molecule has 5 heteroatoms. The van der Waals surface area contributed by atoms with Crippen molar-refractivity contribution in [3.05, 3.63) is 30.1 Å². The molecule has 1 aliphatic heterocycles. The Kier molecular flexibility index (Phi) is 3.48. The summed E-state index contributed by atoms with van der Waals surface area (Å²) in [6, 6.07) is 5.88. The maximum atomic E-state index is 7.37. The predicted molar refractivity (Wildman–Crippen MR) is 61.2 cm³/mol. The molecule has 1 aromatic heterocycles. The van der Waals surface area contributed by atoms with Crippen molar-refractivity contribution in [1.82, 2.24) is 9.88 Å². The third kappa shape index (κ3) is 2.77. The number of aromatic nitrogens is 1. The number of morpholine rings is 1. The lowest BCUT2D eigenvalue weighted by Crippen LogP contribution is -2.47. The van der Waals surface area contributed by atoms with Gasteiger partial charge in [-0.2, -0.15) is 0 Å². The molecule has 1 aliphatic rings. The number of pyridine rings is 1. The first-order valence-corrected chi connectivity index (χ1v) is 5.33. The van der Waals surface area contributed by atoms with E-state index in [2.05, 4.69) is 9.88 Å². The minimum absolute atomic E-state index is 0.103. The second-order valence-corrected chi connectivity index (χ2v) is 3.87. The summed E-state index contributed by atoms with van der Waals surface area (Å²) in [6.07, 6.45) is 1.52. The van der Waals surface area contributed by atoms with E-state index in [0.29, 0.717) is 13.2 Å². The van der Waals surface area contributed by atoms with E-state index >= 15 is 0 Å². The predicted octanol–water partition coefficient (Wildman–Crippen LogP) is 0.218. The normalized spacial score (nSPS) is 21.9. The number of rotatable bonds is 3. The molecule has 0 aromatic carbocycles. The summed E-state index contributed by atoms with van der Waals surface area (Å²) >= 11 is 0. The van der Waals surface area contributed by atoms with Gasteiger partial charge in [0.15, 0.2) is 0 Å². The number of nitrogens with two attached hydrogens (primary N) is 1. The molecule has 3 N–H and O–H groups in total. The molecular formula is C11H16N4O. The molecule has 5 nitrogen and oxygen atoms in total. The molecule has 2 rings (SSSR count). The van der Waals surface area contributed by atoms with Gasteiger partial charge in [0.25, 0.3) is 0 Å². The van der Waals surface area contributed by atoms with Gasteiger partial charge in [-0.15, -0.1) is 0 Å². The first-order chi connectivity index (χ1) is 7.75. The molecule has 2 heterocycles. The lowest BCUT2D eigenvalue weighted by atomic mass is 10.2. The SMILES string of the molecule is N=C(N)C1CN(Cc2ccccn2)CCO1. The van der Waals surface area contributed by atoms with Crippen LogP contribution < -0.4 is 5.73 Å². The lowest BCUT2D eigenvalue weighted by molar-refractivity contribution is 0.00192. The molecular weight excluding hydrogens is 204 g/mol. The summed E-state index contributed by atoms with van der Waals surface area (Å²) in [6.45, 7) is 2.94. The van der Waals surface area contributed by atoms with Crippen LogP contribution in [0.25, 0.3) is 0 Å². The summed E-state index contributed by atoms with van der Waals surface area (Å²) in [5.74, 6) is 0.103. The number of hydrogen-bond donors (Lipinski definition) is 2. The number of ether oxygens (including phenoxy) is 1. The molecule has 1 saturated heterocycles. The van der Waals surface area contributed by atoms with E-state index < -0.39 is 0 Å². The highest BCUT2D eigenvalue weighted by atomic mass is 16.5. The first-order valence-electron chi connectivity index (χ1n) is 5.33. The molecule has 0 saturated carbocycles. The maximum absolute atomic E-state index is 7.37. The maximum Gasteiger partial charge on any atom is 0.127 e. The van der Waals surface area contributed by atoms with Gasteiger partial charge in [0, 0.05) is 25.8 Å². The van der Waals surface area contributed by atoms with E-state index in [1.165, 1.54) is 0 Å². The molecule has 1 aromatic rings. The van der Waals surface area contributed by atoms with Crippen LogP contribution in [-0.2, 0) is 11.3 Å². The van der Waals surface area contributed by atoms with Gasteiger partial charge >= 0.3 is 0 Å². The van der Waals surface area contributed by atoms with E-state index in [0.717, 1.165) is 18.8 Å². The van der Waals surface area contributed by atoms with Crippen LogP contribution in [0.5, 0.6) is 0 Å². The van der Waals surface area contributed by atoms with Crippen molar-refractivity contribution in [2.24, 2.45) is 5.73 Å². The van der Waals surface area contributed by atoms with Gasteiger partial charge in [-0.25, -0.2) is 0 Å². The standard InChI is InChI=1S/C11H16N4O/c12-11(13)10-8-15(5-6-16-10)7-9-3-1-2-4-14-9/h1-4,10H,5-8H2,(H3,12,13). The topological polar surface area (TPSA) is 75.2 Å². The Bertz CT molecular complexity index is 354. The Hall–Kier alpha value is -1.46. The van der Waals surface area contributed by atoms with Crippen molar-refractivity contribution in [1.29, 1.82) is 5.41 Å². The van der Waals surface area contributed by atoms with Crippen LogP contribution in [0.1, 0.15) is 5.69 Å². The van der Waals surface area contributed by atoms with Gasteiger partial charge < -0.3 is 10.5 Å². The lowest BCUT2D eigenvalue weighted by Gasteiger charge is -2.31. The fraction of sp³-hybridized carbons (Fsp3) is 0.455. The molecule has 0 aliphatic carbocycles. The number of nitrogens with zero attached hydrogens (tertiary/aromatic N) is 2. The van der Waals surface area contributed by atoms with Gasteiger partial charge in [0.1, 0.15) is 11.9 Å². The Morgan fingerprint density at radius 1 is 1.62 bits per heavy atom. The minimum Gasteiger partial charge on any atom is -0.385 e. The van der Waals surface area contributed by atoms with Crippen molar-refractivity contribution in [2.45, 2.75) is 12.6 Å². The average molecular weight is 220 g/mol. The fourth-order valence-electron chi connectivity index (χ4n) is 1.76. The summed E-state index contributed by atoms with van der Waals surface area (Å²) in [7, 11) is 0. The van der Waals surface area contributed by atoms with Crippen molar-refractivity contribution in [3.63, 3.8) is 0 Å². The summed E-state index contributed by atoms with van der Waals surface area (Å²) in [5, 5.41) is 7.37. The highest BCUT2D eigenvalue weighted by molar-refractivity contribution is 5.82. The van der Waals surface area contributed by atoms with Crippen LogP contribution in [0.15, 0.2) is 24.4 Å². The van der Waals surface area contributed by atoms with Crippen LogP contribution in [0.2, 0.25) is 0 Å². The first kappa shape index (κ1) is 11.0. The molecule has 0 amide bonds. The molecule has 1 fully saturated rings. The summed E-state index contributed by atoms with van der Waals surface area (Å²) in [5.41, 5.74) is 6.47. The zero-order chi connectivity index (χ0) is 11.4. The Balaban J connectivity index is 1.93. The van der Waals surface area contributed by atoms with Gasteiger partial charge in [0.2, 0.25) is 0 Å². The second kappa shape index (κ2) is 5.05. The smallest absolute Gasteiger partial charge is 0.127 e. The van der Waals surface area contributed by atoms with Crippen LogP contribution in [0, 0.1) is 5.41 Å². The van der Waals surface area contributed by atoms with E-state index in [4.69, 9.17) is 15.9 Å². The zero-order valence-corrected chi connectivity index (χ0v) is 9.10. The second-order valence-electron chi connectivity index (χ2n) is 3.87. The van der Waals surface area contributed by atoms with Crippen LogP contribution in [0.3, 0.4) is 0 Å². The van der Waals surface area contributed by atoms with Gasteiger partial charge in [-0.3, -0.25) is 15.3 Å². The van der Waals surface area contributed by atoms with Crippen LogP contribution >= 0.6 is 0 Å². The van der Waals surface area contributed by atoms with Gasteiger partial charge in [-0.05, 0) is 12.1 Å². The molecule has 86 valence electrons. The van der Waals surface area contributed by atoms with Gasteiger partial charge in [0.05, 0.1) is 12.3 Å². The van der Waals surface area contributed by atoms with E-state index in [9.17, 15) is 0 Å². The fourth-order valence-corrected chi connectivity index (χ4v) is 1.76.